The zero-order valence-corrected chi connectivity index (χ0v) is 17.3. The number of aromatic nitrogens is 1. The molecule has 0 saturated carbocycles. The minimum absolute atomic E-state index is 0.0288. The van der Waals surface area contributed by atoms with Gasteiger partial charge in [-0.3, -0.25) is 9.78 Å². The molecule has 5 heteroatoms. The molecule has 1 amide bonds. The third-order valence-electron chi connectivity index (χ3n) is 5.49. The van der Waals surface area contributed by atoms with Gasteiger partial charge in [0.1, 0.15) is 0 Å². The highest BCUT2D eigenvalue weighted by Crippen LogP contribution is 2.30. The number of halogens is 1. The van der Waals surface area contributed by atoms with E-state index >= 15 is 0 Å². The topological polar surface area (TPSA) is 53.4 Å². The van der Waals surface area contributed by atoms with Crippen LogP contribution in [0.2, 0.25) is 5.02 Å². The van der Waals surface area contributed by atoms with Crippen molar-refractivity contribution in [3.8, 4) is 22.4 Å². The number of carbonyl (C=O) groups excluding carboxylic acids is 1. The van der Waals surface area contributed by atoms with Crippen LogP contribution in [0.3, 0.4) is 0 Å². The van der Waals surface area contributed by atoms with Gasteiger partial charge in [-0.05, 0) is 55.2 Å². The number of hydrogen-bond acceptors (Lipinski definition) is 3. The third kappa shape index (κ3) is 4.04. The molecule has 0 radical (unpaired) electrons. The molecule has 1 aromatic heterocycles. The lowest BCUT2D eigenvalue weighted by Crippen LogP contribution is -2.29. The second kappa shape index (κ2) is 7.97. The monoisotopic (exact) mass is 406 g/mol. The Kier molecular flexibility index (Phi) is 5.39. The van der Waals surface area contributed by atoms with Crippen molar-refractivity contribution in [2.75, 3.05) is 13.1 Å². The Morgan fingerprint density at radius 3 is 2.21 bits per heavy atom. The summed E-state index contributed by atoms with van der Waals surface area (Å²) in [6, 6.07) is 17.7. The highest BCUT2D eigenvalue weighted by atomic mass is 35.5. The van der Waals surface area contributed by atoms with Crippen LogP contribution in [-0.2, 0) is 0 Å². The molecule has 1 aliphatic rings. The average Bonchev–Trinajstić information content (AvgIpc) is 3.17. The minimum Gasteiger partial charge on any atom is -0.391 e. The molecule has 148 valence electrons. The molecule has 0 aliphatic carbocycles. The number of pyridine rings is 1. The summed E-state index contributed by atoms with van der Waals surface area (Å²) in [5.41, 5.74) is 6.55. The Balaban J connectivity index is 1.54. The van der Waals surface area contributed by atoms with E-state index in [1.807, 2.05) is 68.4 Å². The van der Waals surface area contributed by atoms with Crippen LogP contribution >= 0.6 is 11.6 Å². The molecule has 2 heterocycles. The van der Waals surface area contributed by atoms with Crippen LogP contribution in [0.5, 0.6) is 0 Å². The van der Waals surface area contributed by atoms with Crippen LogP contribution in [0, 0.1) is 13.8 Å². The van der Waals surface area contributed by atoms with Crippen LogP contribution in [0.25, 0.3) is 22.4 Å². The van der Waals surface area contributed by atoms with E-state index < -0.39 is 6.10 Å². The number of rotatable bonds is 3. The van der Waals surface area contributed by atoms with Crippen molar-refractivity contribution in [3.63, 3.8) is 0 Å². The Hall–Kier alpha value is -2.69. The summed E-state index contributed by atoms with van der Waals surface area (Å²) < 4.78 is 0. The minimum atomic E-state index is -0.406. The van der Waals surface area contributed by atoms with Gasteiger partial charge >= 0.3 is 0 Å². The van der Waals surface area contributed by atoms with Crippen LogP contribution in [-0.4, -0.2) is 40.1 Å². The highest BCUT2D eigenvalue weighted by molar-refractivity contribution is 6.33. The van der Waals surface area contributed by atoms with E-state index in [2.05, 4.69) is 4.98 Å². The van der Waals surface area contributed by atoms with Crippen molar-refractivity contribution >= 4 is 17.5 Å². The number of benzene rings is 2. The van der Waals surface area contributed by atoms with Gasteiger partial charge in [-0.15, -0.1) is 0 Å². The maximum Gasteiger partial charge on any atom is 0.253 e. The smallest absolute Gasteiger partial charge is 0.253 e. The molecule has 2 aromatic carbocycles. The van der Waals surface area contributed by atoms with E-state index in [-0.39, 0.29) is 5.91 Å². The van der Waals surface area contributed by atoms with Crippen molar-refractivity contribution in [2.24, 2.45) is 0 Å². The lowest BCUT2D eigenvalue weighted by molar-refractivity contribution is 0.0765. The maximum atomic E-state index is 12.5. The molecule has 1 aliphatic heterocycles. The second-order valence-corrected chi connectivity index (χ2v) is 7.98. The van der Waals surface area contributed by atoms with E-state index in [0.717, 1.165) is 33.6 Å². The fourth-order valence-electron chi connectivity index (χ4n) is 3.61. The largest absolute Gasteiger partial charge is 0.391 e. The molecular formula is C24H23ClN2O2. The molecule has 3 aromatic rings. The van der Waals surface area contributed by atoms with Gasteiger partial charge in [0.25, 0.3) is 5.91 Å². The summed E-state index contributed by atoms with van der Waals surface area (Å²) in [5, 5.41) is 10.3. The molecule has 0 spiro atoms. The number of nitrogens with zero attached hydrogens (tertiary/aromatic N) is 2. The summed E-state index contributed by atoms with van der Waals surface area (Å²) >= 11 is 6.39. The molecular weight excluding hydrogens is 384 g/mol. The van der Waals surface area contributed by atoms with Gasteiger partial charge in [0.2, 0.25) is 0 Å². The van der Waals surface area contributed by atoms with Gasteiger partial charge in [-0.25, -0.2) is 0 Å². The van der Waals surface area contributed by atoms with Crippen LogP contribution in [0.1, 0.15) is 28.0 Å². The van der Waals surface area contributed by atoms with Gasteiger partial charge in [-0.2, -0.15) is 0 Å². The van der Waals surface area contributed by atoms with E-state index in [1.54, 1.807) is 4.90 Å². The van der Waals surface area contributed by atoms with Gasteiger partial charge < -0.3 is 10.0 Å². The summed E-state index contributed by atoms with van der Waals surface area (Å²) in [6.45, 7) is 5.01. The molecule has 1 fully saturated rings. The molecule has 1 saturated heterocycles. The number of β-amino-alcohol motifs (C(OH)–C–C–N with tert-alkyl or cyclic N) is 1. The summed E-state index contributed by atoms with van der Waals surface area (Å²) in [4.78, 5) is 18.9. The Bertz CT molecular complexity index is 1050. The third-order valence-corrected chi connectivity index (χ3v) is 5.78. The number of likely N-dealkylation sites (tertiary alicyclic amines) is 1. The zero-order chi connectivity index (χ0) is 20.5. The quantitative estimate of drug-likeness (QED) is 0.673. The van der Waals surface area contributed by atoms with Gasteiger partial charge in [0, 0.05) is 29.9 Å². The number of aliphatic hydroxyl groups is 1. The van der Waals surface area contributed by atoms with Crippen molar-refractivity contribution in [3.05, 3.63) is 76.4 Å². The van der Waals surface area contributed by atoms with Gasteiger partial charge in [0.15, 0.2) is 0 Å². The Morgan fingerprint density at radius 2 is 1.62 bits per heavy atom. The van der Waals surface area contributed by atoms with E-state index in [1.165, 1.54) is 0 Å². The summed E-state index contributed by atoms with van der Waals surface area (Å²) in [5.74, 6) is -0.0288. The number of hydrogen-bond donors (Lipinski definition) is 1. The maximum absolute atomic E-state index is 12.5. The van der Waals surface area contributed by atoms with Crippen molar-refractivity contribution < 1.29 is 9.90 Å². The summed E-state index contributed by atoms with van der Waals surface area (Å²) in [7, 11) is 0. The zero-order valence-electron chi connectivity index (χ0n) is 16.5. The fourth-order valence-corrected chi connectivity index (χ4v) is 3.92. The van der Waals surface area contributed by atoms with E-state index in [0.29, 0.717) is 30.1 Å². The van der Waals surface area contributed by atoms with Crippen LogP contribution in [0.4, 0.5) is 0 Å². The van der Waals surface area contributed by atoms with E-state index in [9.17, 15) is 9.90 Å². The van der Waals surface area contributed by atoms with Crippen molar-refractivity contribution in [1.29, 1.82) is 0 Å². The average molecular weight is 407 g/mol. The number of amides is 1. The molecule has 4 rings (SSSR count). The van der Waals surface area contributed by atoms with E-state index in [4.69, 9.17) is 11.6 Å². The molecule has 29 heavy (non-hydrogen) atoms. The first kappa shape index (κ1) is 19.6. The SMILES string of the molecule is Cc1cc(Cl)c(-c2ccc(-c3ccc(C(=O)N4CC[C@@H](O)C4)cc3)cc2)nc1C. The predicted molar refractivity (Wildman–Crippen MR) is 116 cm³/mol. The summed E-state index contributed by atoms with van der Waals surface area (Å²) in [6.07, 6.45) is 0.243. The fraction of sp³-hybridized carbons (Fsp3) is 0.250. The Labute approximate surface area is 175 Å². The van der Waals surface area contributed by atoms with Crippen molar-refractivity contribution in [1.82, 2.24) is 9.88 Å². The molecule has 4 nitrogen and oxygen atoms in total. The first-order chi connectivity index (χ1) is 13.9. The lowest BCUT2D eigenvalue weighted by atomic mass is 10.0. The normalized spacial score (nSPS) is 16.3. The molecule has 0 bridgehead atoms. The lowest BCUT2D eigenvalue weighted by Gasteiger charge is -2.15. The number of aryl methyl sites for hydroxylation is 2. The first-order valence-electron chi connectivity index (χ1n) is 9.74. The van der Waals surface area contributed by atoms with Crippen molar-refractivity contribution in [2.45, 2.75) is 26.4 Å². The van der Waals surface area contributed by atoms with Gasteiger partial charge in [-0.1, -0.05) is 48.0 Å². The highest BCUT2D eigenvalue weighted by Gasteiger charge is 2.25. The van der Waals surface area contributed by atoms with Crippen LogP contribution < -0.4 is 0 Å². The standard InChI is InChI=1S/C24H23ClN2O2/c1-15-13-22(25)23(26-16(15)2)19-7-3-17(4-8-19)18-5-9-20(10-6-18)24(29)27-12-11-21(28)14-27/h3-10,13,21,28H,11-12,14H2,1-2H3/t21-/m1/s1. The van der Waals surface area contributed by atoms with Crippen LogP contribution in [0.15, 0.2) is 54.6 Å². The first-order valence-corrected chi connectivity index (χ1v) is 10.1. The molecule has 0 unspecified atom stereocenters. The second-order valence-electron chi connectivity index (χ2n) is 7.57. The van der Waals surface area contributed by atoms with Gasteiger partial charge in [0.05, 0.1) is 16.8 Å². The molecule has 1 atom stereocenters. The number of carbonyl (C=O) groups is 1. The number of aliphatic hydroxyl groups excluding tert-OH is 1. The predicted octanol–water partition coefficient (Wildman–Crippen LogP) is 4.89. The molecule has 1 N–H and O–H groups in total. The Morgan fingerprint density at radius 1 is 1.03 bits per heavy atom.